The molecule has 140 valence electrons. The Morgan fingerprint density at radius 2 is 1.85 bits per heavy atom. The summed E-state index contributed by atoms with van der Waals surface area (Å²) in [4.78, 5) is 11.7. The van der Waals surface area contributed by atoms with Crippen LogP contribution in [0.15, 0.2) is 54.9 Å². The van der Waals surface area contributed by atoms with Crippen LogP contribution in [0.4, 0.5) is 24.8 Å². The van der Waals surface area contributed by atoms with Gasteiger partial charge in [-0.3, -0.25) is 4.98 Å². The third-order valence-corrected chi connectivity index (χ3v) is 3.80. The number of anilines is 2. The van der Waals surface area contributed by atoms with E-state index in [-0.39, 0.29) is 18.1 Å². The van der Waals surface area contributed by atoms with Crippen LogP contribution in [-0.2, 0) is 19.3 Å². The summed E-state index contributed by atoms with van der Waals surface area (Å²) < 4.78 is 40.2. The molecule has 2 heterocycles. The highest BCUT2D eigenvalue weighted by Crippen LogP contribution is 2.31. The van der Waals surface area contributed by atoms with E-state index < -0.39 is 11.9 Å². The Bertz CT molecular complexity index is 903. The topological polar surface area (TPSA) is 62.7 Å². The number of halogens is 4. The van der Waals surface area contributed by atoms with Crippen LogP contribution in [-0.4, -0.2) is 15.0 Å². The lowest BCUT2D eigenvalue weighted by Crippen LogP contribution is -2.20. The highest BCUT2D eigenvalue weighted by atomic mass is 35.5. The van der Waals surface area contributed by atoms with E-state index in [9.17, 15) is 13.2 Å². The molecule has 1 aromatic carbocycles. The van der Waals surface area contributed by atoms with Gasteiger partial charge in [0.15, 0.2) is 5.69 Å². The molecule has 0 radical (unpaired) electrons. The second-order valence-electron chi connectivity index (χ2n) is 5.63. The third-order valence-electron chi connectivity index (χ3n) is 3.56. The van der Waals surface area contributed by atoms with Gasteiger partial charge in [-0.25, -0.2) is 9.97 Å². The van der Waals surface area contributed by atoms with Crippen molar-refractivity contribution in [1.29, 1.82) is 0 Å². The Morgan fingerprint density at radius 3 is 2.56 bits per heavy atom. The van der Waals surface area contributed by atoms with Gasteiger partial charge in [0, 0.05) is 41.8 Å². The zero-order valence-corrected chi connectivity index (χ0v) is 14.7. The molecular weight excluding hydrogens is 379 g/mol. The van der Waals surface area contributed by atoms with Gasteiger partial charge < -0.3 is 10.6 Å². The number of nitrogens with one attached hydrogen (secondary N) is 2. The molecule has 3 aromatic rings. The molecule has 0 spiro atoms. The second kappa shape index (κ2) is 8.32. The van der Waals surface area contributed by atoms with Crippen molar-refractivity contribution in [3.8, 4) is 0 Å². The second-order valence-corrected chi connectivity index (χ2v) is 6.06. The average molecular weight is 394 g/mol. The number of alkyl halides is 3. The third kappa shape index (κ3) is 5.38. The van der Waals surface area contributed by atoms with Crippen molar-refractivity contribution in [3.63, 3.8) is 0 Å². The molecule has 0 bridgehead atoms. The van der Waals surface area contributed by atoms with Crippen LogP contribution in [0.25, 0.3) is 0 Å². The SMILES string of the molecule is FC(F)(F)c1nc(Nc2cccc(Cl)c2)ncc1CNCc1ccccn1. The summed E-state index contributed by atoms with van der Waals surface area (Å²) in [6.45, 7) is 0.295. The molecule has 27 heavy (non-hydrogen) atoms. The van der Waals surface area contributed by atoms with E-state index in [0.29, 0.717) is 17.3 Å². The number of hydrogen-bond acceptors (Lipinski definition) is 5. The molecule has 0 fully saturated rings. The summed E-state index contributed by atoms with van der Waals surface area (Å²) in [6, 6.07) is 11.9. The monoisotopic (exact) mass is 393 g/mol. The summed E-state index contributed by atoms with van der Waals surface area (Å²) in [5.41, 5.74) is 0.188. The predicted molar refractivity (Wildman–Crippen MR) is 96.5 cm³/mol. The first-order chi connectivity index (χ1) is 12.9. The molecule has 9 heteroatoms. The first-order valence-electron chi connectivity index (χ1n) is 7.98. The molecule has 0 amide bonds. The summed E-state index contributed by atoms with van der Waals surface area (Å²) in [5, 5.41) is 6.11. The number of hydrogen-bond donors (Lipinski definition) is 2. The van der Waals surface area contributed by atoms with E-state index in [1.54, 1.807) is 42.6 Å². The van der Waals surface area contributed by atoms with Gasteiger partial charge in [0.25, 0.3) is 0 Å². The standard InChI is InChI=1S/C18H15ClF3N5/c19-13-4-3-6-14(8-13)26-17-25-10-12(16(27-17)18(20,21)22)9-23-11-15-5-1-2-7-24-15/h1-8,10,23H,9,11H2,(H,25,26,27). The van der Waals surface area contributed by atoms with E-state index in [0.717, 1.165) is 11.9 Å². The van der Waals surface area contributed by atoms with Gasteiger partial charge in [0.05, 0.1) is 5.69 Å². The van der Waals surface area contributed by atoms with Crippen molar-refractivity contribution in [2.75, 3.05) is 5.32 Å². The molecule has 3 rings (SSSR count). The summed E-state index contributed by atoms with van der Waals surface area (Å²) in [6.07, 6.45) is -1.82. The lowest BCUT2D eigenvalue weighted by Gasteiger charge is -2.14. The van der Waals surface area contributed by atoms with E-state index >= 15 is 0 Å². The van der Waals surface area contributed by atoms with E-state index in [1.165, 1.54) is 0 Å². The minimum absolute atomic E-state index is 0.0388. The predicted octanol–water partition coefficient (Wildman–Crippen LogP) is 4.58. The number of benzene rings is 1. The van der Waals surface area contributed by atoms with E-state index in [1.807, 2.05) is 6.07 Å². The zero-order valence-electron chi connectivity index (χ0n) is 14.0. The van der Waals surface area contributed by atoms with Crippen molar-refractivity contribution < 1.29 is 13.2 Å². The molecule has 0 unspecified atom stereocenters. The molecule has 2 N–H and O–H groups in total. The van der Waals surface area contributed by atoms with Gasteiger partial charge in [0.2, 0.25) is 5.95 Å². The van der Waals surface area contributed by atoms with Crippen molar-refractivity contribution >= 4 is 23.2 Å². The van der Waals surface area contributed by atoms with Gasteiger partial charge in [0.1, 0.15) is 0 Å². The largest absolute Gasteiger partial charge is 0.433 e. The lowest BCUT2D eigenvalue weighted by atomic mass is 10.2. The normalized spacial score (nSPS) is 11.4. The van der Waals surface area contributed by atoms with Crippen molar-refractivity contribution in [1.82, 2.24) is 20.3 Å². The Balaban J connectivity index is 1.75. The van der Waals surface area contributed by atoms with Crippen molar-refractivity contribution in [2.24, 2.45) is 0 Å². The smallest absolute Gasteiger partial charge is 0.324 e. The first-order valence-corrected chi connectivity index (χ1v) is 8.36. The Kier molecular flexibility index (Phi) is 5.88. The summed E-state index contributed by atoms with van der Waals surface area (Å²) in [5.74, 6) is -0.155. The minimum atomic E-state index is -4.60. The summed E-state index contributed by atoms with van der Waals surface area (Å²) in [7, 11) is 0. The fourth-order valence-electron chi connectivity index (χ4n) is 2.37. The fourth-order valence-corrected chi connectivity index (χ4v) is 2.56. The van der Waals surface area contributed by atoms with Crippen LogP contribution >= 0.6 is 11.6 Å². The number of nitrogens with zero attached hydrogens (tertiary/aromatic N) is 3. The molecule has 0 saturated carbocycles. The molecular formula is C18H15ClF3N5. The van der Waals surface area contributed by atoms with Crippen molar-refractivity contribution in [3.05, 3.63) is 76.8 Å². The summed E-state index contributed by atoms with van der Waals surface area (Å²) >= 11 is 5.87. The van der Waals surface area contributed by atoms with Gasteiger partial charge in [-0.05, 0) is 30.3 Å². The van der Waals surface area contributed by atoms with Crippen LogP contribution in [0.3, 0.4) is 0 Å². The van der Waals surface area contributed by atoms with E-state index in [2.05, 4.69) is 25.6 Å². The Morgan fingerprint density at radius 1 is 1.00 bits per heavy atom. The lowest BCUT2D eigenvalue weighted by molar-refractivity contribution is -0.141. The molecule has 0 atom stereocenters. The molecule has 0 aliphatic rings. The molecule has 2 aromatic heterocycles. The van der Waals surface area contributed by atoms with Crippen LogP contribution in [0.1, 0.15) is 17.0 Å². The molecule has 0 aliphatic carbocycles. The first kappa shape index (κ1) is 19.1. The number of pyridine rings is 1. The van der Waals surface area contributed by atoms with Gasteiger partial charge in [-0.1, -0.05) is 23.7 Å². The molecule has 5 nitrogen and oxygen atoms in total. The Hall–Kier alpha value is -2.71. The van der Waals surface area contributed by atoms with Crippen LogP contribution in [0.5, 0.6) is 0 Å². The quantitative estimate of drug-likeness (QED) is 0.642. The maximum Gasteiger partial charge on any atom is 0.433 e. The Labute approximate surface area is 158 Å². The number of rotatable bonds is 6. The van der Waals surface area contributed by atoms with Crippen LogP contribution in [0.2, 0.25) is 5.02 Å². The van der Waals surface area contributed by atoms with Gasteiger partial charge in [-0.2, -0.15) is 13.2 Å². The average Bonchev–Trinajstić information content (AvgIpc) is 2.63. The zero-order chi connectivity index (χ0) is 19.3. The molecule has 0 saturated heterocycles. The minimum Gasteiger partial charge on any atom is -0.324 e. The fraction of sp³-hybridized carbons (Fsp3) is 0.167. The van der Waals surface area contributed by atoms with Crippen LogP contribution in [0, 0.1) is 0 Å². The number of aromatic nitrogens is 3. The maximum atomic E-state index is 13.4. The van der Waals surface area contributed by atoms with E-state index in [4.69, 9.17) is 11.6 Å². The van der Waals surface area contributed by atoms with Crippen LogP contribution < -0.4 is 10.6 Å². The highest BCUT2D eigenvalue weighted by molar-refractivity contribution is 6.30. The van der Waals surface area contributed by atoms with Gasteiger partial charge in [-0.15, -0.1) is 0 Å². The maximum absolute atomic E-state index is 13.4. The molecule has 0 aliphatic heterocycles. The van der Waals surface area contributed by atoms with Crippen molar-refractivity contribution in [2.45, 2.75) is 19.3 Å². The highest BCUT2D eigenvalue weighted by Gasteiger charge is 2.36. The van der Waals surface area contributed by atoms with Gasteiger partial charge >= 0.3 is 6.18 Å².